The molecule has 0 spiro atoms. The van der Waals surface area contributed by atoms with Crippen molar-refractivity contribution in [3.05, 3.63) is 84.5 Å². The van der Waals surface area contributed by atoms with Crippen LogP contribution in [0.25, 0.3) is 47.5 Å². The van der Waals surface area contributed by atoms with Gasteiger partial charge in [0, 0.05) is 45.1 Å². The summed E-state index contributed by atoms with van der Waals surface area (Å²) in [6.07, 6.45) is 6.77. The van der Waals surface area contributed by atoms with Gasteiger partial charge in [0.15, 0.2) is 0 Å². The number of rotatable bonds is 6. The van der Waals surface area contributed by atoms with Crippen molar-refractivity contribution in [2.75, 3.05) is 13.1 Å². The molecule has 17 nitrogen and oxygen atoms in total. The minimum Gasteiger partial charge on any atom is -0.443 e. The lowest BCUT2D eigenvalue weighted by atomic mass is 9.79. The summed E-state index contributed by atoms with van der Waals surface area (Å²) in [5.41, 5.74) is -0.877. The van der Waals surface area contributed by atoms with E-state index in [2.05, 4.69) is 91.5 Å². The molecule has 2 amide bonds. The third-order valence-electron chi connectivity index (χ3n) is 12.4. The fourth-order valence-electron chi connectivity index (χ4n) is 7.82. The average molecular weight is 1100 g/mol. The second-order valence-corrected chi connectivity index (χ2v) is 25.3. The molecule has 0 aliphatic carbocycles. The molecule has 404 valence electrons. The first-order chi connectivity index (χ1) is 34.7. The topological polar surface area (TPSA) is 182 Å². The highest BCUT2D eigenvalue weighted by atomic mass is 32.2. The number of benzene rings is 2. The summed E-state index contributed by atoms with van der Waals surface area (Å²) in [5.74, 6) is -0.371. The Kier molecular flexibility index (Phi) is 16.2. The molecule has 1 saturated heterocycles. The van der Waals surface area contributed by atoms with E-state index in [4.69, 9.17) is 28.8 Å². The average Bonchev–Trinajstić information content (AvgIpc) is 4.13. The lowest BCUT2D eigenvalue weighted by Crippen LogP contribution is -2.42. The summed E-state index contributed by atoms with van der Waals surface area (Å²) >= 11 is 3.31. The van der Waals surface area contributed by atoms with Gasteiger partial charge in [0.25, 0.3) is 0 Å². The number of fused-ring (bicyclic) bond motifs is 2. The smallest absolute Gasteiger partial charge is 0.443 e. The third-order valence-corrected chi connectivity index (χ3v) is 15.4. The number of aryl methyl sites for hydroxylation is 2. The first-order valence-electron chi connectivity index (χ1n) is 24.3. The maximum absolute atomic E-state index is 12.8. The van der Waals surface area contributed by atoms with Gasteiger partial charge < -0.3 is 23.0 Å². The Bertz CT molecular complexity index is 3220. The molecule has 0 saturated carbocycles. The zero-order valence-electron chi connectivity index (χ0n) is 44.6. The predicted molar refractivity (Wildman–Crippen MR) is 285 cm³/mol. The summed E-state index contributed by atoms with van der Waals surface area (Å²) in [4.78, 5) is 36.9. The van der Waals surface area contributed by atoms with Crippen LogP contribution in [0.5, 0.6) is 0 Å². The highest BCUT2D eigenvalue weighted by molar-refractivity contribution is 7.87. The van der Waals surface area contributed by atoms with Crippen molar-refractivity contribution >= 4 is 83.7 Å². The van der Waals surface area contributed by atoms with E-state index in [0.717, 1.165) is 76.0 Å². The summed E-state index contributed by atoms with van der Waals surface area (Å²) in [5, 5.41) is 10.4. The molecule has 24 heteroatoms. The number of nitrogens with zero attached hydrogens (tertiary/aromatic N) is 8. The summed E-state index contributed by atoms with van der Waals surface area (Å²) in [7, 11) is -2.36. The lowest BCUT2D eigenvalue weighted by Gasteiger charge is -2.33. The number of carbonyl (C=O) groups is 2. The largest absolute Gasteiger partial charge is 0.534 e. The van der Waals surface area contributed by atoms with Gasteiger partial charge in [-0.05, 0) is 142 Å². The number of ether oxygens (including phenoxy) is 2. The number of allylic oxidation sites excluding steroid dienone is 2. The molecule has 75 heavy (non-hydrogen) atoms. The Hall–Kier alpha value is -5.82. The van der Waals surface area contributed by atoms with Crippen LogP contribution in [-0.2, 0) is 47.2 Å². The molecule has 6 aromatic rings. The molecule has 0 unspecified atom stereocenters. The van der Waals surface area contributed by atoms with Crippen molar-refractivity contribution in [1.82, 2.24) is 39.3 Å². The number of hydrogen-bond donors (Lipinski definition) is 0. The number of amides is 2. The SMILES string of the molecule is C[C@H]1CC=C(OS(=O)(=O)C(F)(F)F)N(C(=O)OC(C)(C)C)C1.C[C@H]1CC=C(c2ccc3sc(-c4ccnn4C)nc3c2)N(C(=O)OC(C)(C)C)C1.Cn1nccc1-c1nc2cc(B3OC(C)(C)C(C)(C)O3)ccc2s1. The van der Waals surface area contributed by atoms with Gasteiger partial charge >= 0.3 is 34.9 Å². The number of halogens is 3. The van der Waals surface area contributed by atoms with E-state index in [1.807, 2.05) is 56.4 Å². The van der Waals surface area contributed by atoms with Gasteiger partial charge in [-0.15, -0.1) is 22.7 Å². The number of thiazole rings is 2. The van der Waals surface area contributed by atoms with E-state index in [1.54, 1.807) is 67.7 Å². The van der Waals surface area contributed by atoms with Crippen LogP contribution < -0.4 is 5.46 Å². The van der Waals surface area contributed by atoms with Crippen molar-refractivity contribution in [3.63, 3.8) is 0 Å². The fourth-order valence-corrected chi connectivity index (χ4v) is 10.3. The molecule has 0 radical (unpaired) electrons. The monoisotopic (exact) mass is 1100 g/mol. The van der Waals surface area contributed by atoms with Gasteiger partial charge in [-0.3, -0.25) is 14.3 Å². The van der Waals surface area contributed by atoms with E-state index in [-0.39, 0.29) is 43.3 Å². The van der Waals surface area contributed by atoms with Crippen molar-refractivity contribution in [1.29, 1.82) is 0 Å². The first kappa shape index (κ1) is 56.9. The maximum Gasteiger partial charge on any atom is 0.534 e. The van der Waals surface area contributed by atoms with Crippen LogP contribution in [0.4, 0.5) is 22.8 Å². The Morgan fingerprint density at radius 1 is 0.707 bits per heavy atom. The Balaban J connectivity index is 0.000000166. The molecule has 9 rings (SSSR count). The van der Waals surface area contributed by atoms with Crippen molar-refractivity contribution < 1.29 is 54.1 Å². The van der Waals surface area contributed by atoms with E-state index >= 15 is 0 Å². The van der Waals surface area contributed by atoms with Gasteiger partial charge in [0.05, 0.1) is 48.7 Å². The molecule has 2 aromatic carbocycles. The Morgan fingerprint density at radius 3 is 1.65 bits per heavy atom. The van der Waals surface area contributed by atoms with Crippen LogP contribution in [0.15, 0.2) is 79.0 Å². The van der Waals surface area contributed by atoms with Crippen LogP contribution in [0.1, 0.15) is 101 Å². The Morgan fingerprint density at radius 2 is 1.17 bits per heavy atom. The molecule has 4 aromatic heterocycles. The molecule has 1 fully saturated rings. The van der Waals surface area contributed by atoms with Crippen LogP contribution in [0.2, 0.25) is 0 Å². The zero-order chi connectivity index (χ0) is 55.2. The lowest BCUT2D eigenvalue weighted by molar-refractivity contribution is -0.0546. The molecule has 7 heterocycles. The molecule has 2 atom stereocenters. The van der Waals surface area contributed by atoms with Crippen molar-refractivity contribution in [2.45, 2.75) is 124 Å². The van der Waals surface area contributed by atoms with Gasteiger partial charge in [0.1, 0.15) is 21.2 Å². The second-order valence-electron chi connectivity index (χ2n) is 21.7. The first-order valence-corrected chi connectivity index (χ1v) is 27.3. The van der Waals surface area contributed by atoms with Crippen molar-refractivity contribution in [2.24, 2.45) is 25.9 Å². The minimum atomic E-state index is -5.84. The van der Waals surface area contributed by atoms with Crippen LogP contribution in [0.3, 0.4) is 0 Å². The van der Waals surface area contributed by atoms with Gasteiger partial charge in [0.2, 0.25) is 5.88 Å². The zero-order valence-corrected chi connectivity index (χ0v) is 47.0. The van der Waals surface area contributed by atoms with Crippen molar-refractivity contribution in [3.8, 4) is 21.4 Å². The molecule has 0 N–H and O–H groups in total. The minimum absolute atomic E-state index is 0.00583. The number of aromatic nitrogens is 6. The van der Waals surface area contributed by atoms with Gasteiger partial charge in [-0.1, -0.05) is 32.1 Å². The van der Waals surface area contributed by atoms with Gasteiger partial charge in [-0.25, -0.2) is 24.5 Å². The summed E-state index contributed by atoms with van der Waals surface area (Å²) in [6, 6.07) is 16.4. The third kappa shape index (κ3) is 13.4. The fraction of sp³-hybridized carbons (Fsp3) is 0.490. The predicted octanol–water partition coefficient (Wildman–Crippen LogP) is 11.3. The van der Waals surface area contributed by atoms with E-state index in [1.165, 1.54) is 0 Å². The molecular weight excluding hydrogens is 1030 g/mol. The molecule has 3 aliphatic heterocycles. The normalized spacial score (nSPS) is 18.9. The van der Waals surface area contributed by atoms with Crippen LogP contribution >= 0.6 is 22.7 Å². The number of alkyl halides is 3. The number of hydrogen-bond acceptors (Lipinski definition) is 15. The van der Waals surface area contributed by atoms with E-state index in [0.29, 0.717) is 12.5 Å². The highest BCUT2D eigenvalue weighted by Gasteiger charge is 2.52. The van der Waals surface area contributed by atoms with E-state index in [9.17, 15) is 31.2 Å². The Labute approximate surface area is 443 Å². The molecule has 0 bridgehead atoms. The summed E-state index contributed by atoms with van der Waals surface area (Å²) < 4.78 is 92.3. The quantitative estimate of drug-likeness (QED) is 0.0873. The second kappa shape index (κ2) is 21.3. The van der Waals surface area contributed by atoms with Crippen LogP contribution in [0, 0.1) is 11.8 Å². The maximum atomic E-state index is 12.8. The molecule has 3 aliphatic rings. The number of carbonyl (C=O) groups excluding carboxylic acids is 2. The van der Waals surface area contributed by atoms with E-state index < -0.39 is 38.8 Å². The highest BCUT2D eigenvalue weighted by Crippen LogP contribution is 2.38. The standard InChI is InChI=1S/C22H26N4O2S.C17H20BN3O2S.C12H18F3NO5S/c1-14-6-8-17(26(13-14)21(27)28-22(2,3)4)15-7-9-19-16(12-15)24-20(29-19)18-10-11-23-25(18)5;1-16(2)17(3,4)23-18(22-16)11-6-7-14-12(10-11)20-15(24-14)13-8-9-19-21(13)5;1-8-5-6-9(21-22(18,19)12(13,14)15)16(7-8)10(17)20-11(2,3)4/h7-12,14H,6,13H2,1-5H3;6-10H,1-5H3;6,8H,5,7H2,1-4H3/t14-;;8-/m0.0/s1. The molecular formula is C51H64BF3N8O9S3. The van der Waals surface area contributed by atoms with Gasteiger partial charge in [-0.2, -0.15) is 31.8 Å². The summed E-state index contributed by atoms with van der Waals surface area (Å²) in [6.45, 7) is 23.2. The van der Waals surface area contributed by atoms with Crippen LogP contribution in [-0.4, -0.2) is 108 Å².